The SMILES string of the molecule is COc1cc(C)ccc1C(=O)CN1CCSC(C)(C)C1. The number of rotatable bonds is 4. The summed E-state index contributed by atoms with van der Waals surface area (Å²) in [7, 11) is 1.62. The van der Waals surface area contributed by atoms with E-state index >= 15 is 0 Å². The summed E-state index contributed by atoms with van der Waals surface area (Å²) >= 11 is 1.98. The van der Waals surface area contributed by atoms with Gasteiger partial charge in [0, 0.05) is 23.6 Å². The third-order valence-corrected chi connectivity index (χ3v) is 4.83. The number of Topliss-reactive ketones (excluding diaryl/α,β-unsaturated/α-hetero) is 1. The van der Waals surface area contributed by atoms with E-state index in [-0.39, 0.29) is 10.5 Å². The van der Waals surface area contributed by atoms with Crippen LogP contribution in [-0.4, -0.2) is 47.9 Å². The lowest BCUT2D eigenvalue weighted by Gasteiger charge is -2.37. The molecule has 0 unspecified atom stereocenters. The van der Waals surface area contributed by atoms with Gasteiger partial charge in [-0.15, -0.1) is 0 Å². The third kappa shape index (κ3) is 3.76. The van der Waals surface area contributed by atoms with E-state index in [9.17, 15) is 4.79 Å². The fourth-order valence-corrected chi connectivity index (χ4v) is 3.74. The quantitative estimate of drug-likeness (QED) is 0.798. The Morgan fingerprint density at radius 1 is 1.45 bits per heavy atom. The number of nitrogens with zero attached hydrogens (tertiary/aromatic N) is 1. The molecule has 110 valence electrons. The average Bonchev–Trinajstić information content (AvgIpc) is 2.37. The number of carbonyl (C=O) groups excluding carboxylic acids is 1. The summed E-state index contributed by atoms with van der Waals surface area (Å²) in [6, 6.07) is 5.76. The average molecular weight is 293 g/mol. The van der Waals surface area contributed by atoms with Crippen molar-refractivity contribution >= 4 is 17.5 Å². The van der Waals surface area contributed by atoms with Gasteiger partial charge in [-0.05, 0) is 38.5 Å². The molecule has 1 aromatic rings. The van der Waals surface area contributed by atoms with Crippen LogP contribution in [0.2, 0.25) is 0 Å². The highest BCUT2D eigenvalue weighted by atomic mass is 32.2. The van der Waals surface area contributed by atoms with E-state index in [0.29, 0.717) is 17.9 Å². The van der Waals surface area contributed by atoms with E-state index in [0.717, 1.165) is 24.4 Å². The van der Waals surface area contributed by atoms with Crippen LogP contribution in [0.3, 0.4) is 0 Å². The van der Waals surface area contributed by atoms with Crippen LogP contribution in [0.25, 0.3) is 0 Å². The van der Waals surface area contributed by atoms with Gasteiger partial charge < -0.3 is 4.74 Å². The van der Waals surface area contributed by atoms with Gasteiger partial charge in [0.25, 0.3) is 0 Å². The first-order chi connectivity index (χ1) is 9.41. The van der Waals surface area contributed by atoms with Crippen LogP contribution < -0.4 is 4.74 Å². The smallest absolute Gasteiger partial charge is 0.180 e. The Bertz CT molecular complexity index is 499. The van der Waals surface area contributed by atoms with E-state index in [1.807, 2.05) is 36.9 Å². The zero-order valence-corrected chi connectivity index (χ0v) is 13.5. The number of methoxy groups -OCH3 is 1. The Labute approximate surface area is 125 Å². The van der Waals surface area contributed by atoms with Crippen molar-refractivity contribution in [3.05, 3.63) is 29.3 Å². The van der Waals surface area contributed by atoms with Gasteiger partial charge in [0.2, 0.25) is 0 Å². The molecule has 0 saturated carbocycles. The normalized spacial score (nSPS) is 18.8. The second-order valence-electron chi connectivity index (χ2n) is 5.95. The summed E-state index contributed by atoms with van der Waals surface area (Å²) < 4.78 is 5.57. The second-order valence-corrected chi connectivity index (χ2v) is 7.75. The molecule has 1 fully saturated rings. The zero-order valence-electron chi connectivity index (χ0n) is 12.7. The predicted octanol–water partition coefficient (Wildman–Crippen LogP) is 3.01. The summed E-state index contributed by atoms with van der Waals surface area (Å²) in [5.74, 6) is 1.91. The van der Waals surface area contributed by atoms with Crippen LogP contribution in [0.15, 0.2) is 18.2 Å². The van der Waals surface area contributed by atoms with Gasteiger partial charge in [-0.3, -0.25) is 9.69 Å². The summed E-state index contributed by atoms with van der Waals surface area (Å²) in [6.45, 7) is 8.89. The van der Waals surface area contributed by atoms with Crippen molar-refractivity contribution in [2.45, 2.75) is 25.5 Å². The number of aryl methyl sites for hydroxylation is 1. The molecule has 1 aliphatic rings. The molecule has 0 spiro atoms. The van der Waals surface area contributed by atoms with Gasteiger partial charge in [0.15, 0.2) is 5.78 Å². The third-order valence-electron chi connectivity index (χ3n) is 3.53. The minimum Gasteiger partial charge on any atom is -0.496 e. The zero-order chi connectivity index (χ0) is 14.8. The van der Waals surface area contributed by atoms with Gasteiger partial charge in [-0.1, -0.05) is 6.07 Å². The Morgan fingerprint density at radius 3 is 2.85 bits per heavy atom. The molecule has 4 heteroatoms. The lowest BCUT2D eigenvalue weighted by Crippen LogP contribution is -2.45. The largest absolute Gasteiger partial charge is 0.496 e. The van der Waals surface area contributed by atoms with Crippen LogP contribution in [-0.2, 0) is 0 Å². The second kappa shape index (κ2) is 6.19. The van der Waals surface area contributed by atoms with Crippen molar-refractivity contribution in [3.8, 4) is 5.75 Å². The molecule has 1 aliphatic heterocycles. The molecule has 1 heterocycles. The highest BCUT2D eigenvalue weighted by Gasteiger charge is 2.28. The van der Waals surface area contributed by atoms with E-state index < -0.39 is 0 Å². The predicted molar refractivity (Wildman–Crippen MR) is 85.0 cm³/mol. The summed E-state index contributed by atoms with van der Waals surface area (Å²) in [5, 5.41) is 0. The van der Waals surface area contributed by atoms with Crippen molar-refractivity contribution in [2.75, 3.05) is 32.5 Å². The van der Waals surface area contributed by atoms with Crippen molar-refractivity contribution < 1.29 is 9.53 Å². The number of benzene rings is 1. The maximum atomic E-state index is 12.5. The first-order valence-electron chi connectivity index (χ1n) is 6.95. The van der Waals surface area contributed by atoms with Gasteiger partial charge >= 0.3 is 0 Å². The molecule has 0 N–H and O–H groups in total. The fraction of sp³-hybridized carbons (Fsp3) is 0.562. The maximum Gasteiger partial charge on any atom is 0.180 e. The summed E-state index contributed by atoms with van der Waals surface area (Å²) in [6.07, 6.45) is 0. The van der Waals surface area contributed by atoms with Gasteiger partial charge in [-0.25, -0.2) is 0 Å². The molecular formula is C16H23NO2S. The van der Waals surface area contributed by atoms with Gasteiger partial charge in [0.05, 0.1) is 19.2 Å². The number of carbonyl (C=O) groups is 1. The molecule has 0 aliphatic carbocycles. The van der Waals surface area contributed by atoms with E-state index in [2.05, 4.69) is 18.7 Å². The fourth-order valence-electron chi connectivity index (χ4n) is 2.57. The highest BCUT2D eigenvalue weighted by molar-refractivity contribution is 8.00. The Balaban J connectivity index is 2.08. The first kappa shape index (κ1) is 15.4. The van der Waals surface area contributed by atoms with Crippen LogP contribution in [0.5, 0.6) is 5.75 Å². The molecule has 0 aromatic heterocycles. The van der Waals surface area contributed by atoms with Crippen molar-refractivity contribution in [1.29, 1.82) is 0 Å². The molecule has 0 bridgehead atoms. The molecular weight excluding hydrogens is 270 g/mol. The van der Waals surface area contributed by atoms with E-state index in [1.54, 1.807) is 7.11 Å². The Kier molecular flexibility index (Phi) is 4.76. The van der Waals surface area contributed by atoms with Crippen molar-refractivity contribution in [3.63, 3.8) is 0 Å². The van der Waals surface area contributed by atoms with Crippen molar-refractivity contribution in [2.24, 2.45) is 0 Å². The van der Waals surface area contributed by atoms with Crippen molar-refractivity contribution in [1.82, 2.24) is 4.90 Å². The van der Waals surface area contributed by atoms with Gasteiger partial charge in [-0.2, -0.15) is 11.8 Å². The van der Waals surface area contributed by atoms with E-state index in [1.165, 1.54) is 0 Å². The Hall–Kier alpha value is -1.00. The molecule has 2 rings (SSSR count). The number of hydrogen-bond donors (Lipinski definition) is 0. The summed E-state index contributed by atoms with van der Waals surface area (Å²) in [4.78, 5) is 14.7. The lowest BCUT2D eigenvalue weighted by atomic mass is 10.1. The molecule has 0 atom stereocenters. The Morgan fingerprint density at radius 2 is 2.20 bits per heavy atom. The van der Waals surface area contributed by atoms with Crippen LogP contribution in [0.4, 0.5) is 0 Å². The minimum atomic E-state index is 0.143. The molecule has 1 saturated heterocycles. The highest BCUT2D eigenvalue weighted by Crippen LogP contribution is 2.30. The molecule has 20 heavy (non-hydrogen) atoms. The molecule has 1 aromatic carbocycles. The molecule has 0 amide bonds. The van der Waals surface area contributed by atoms with Crippen LogP contribution >= 0.6 is 11.8 Å². The number of hydrogen-bond acceptors (Lipinski definition) is 4. The first-order valence-corrected chi connectivity index (χ1v) is 7.94. The monoisotopic (exact) mass is 293 g/mol. The number of ether oxygens (including phenoxy) is 1. The maximum absolute atomic E-state index is 12.5. The topological polar surface area (TPSA) is 29.5 Å². The number of ketones is 1. The van der Waals surface area contributed by atoms with Crippen LogP contribution in [0.1, 0.15) is 29.8 Å². The summed E-state index contributed by atoms with van der Waals surface area (Å²) in [5.41, 5.74) is 1.79. The van der Waals surface area contributed by atoms with Crippen LogP contribution in [0, 0.1) is 6.92 Å². The standard InChI is InChI=1S/C16H23NO2S/c1-12-5-6-13(15(9-12)19-4)14(18)10-17-7-8-20-16(2,3)11-17/h5-6,9H,7-8,10-11H2,1-4H3. The minimum absolute atomic E-state index is 0.143. The molecule has 0 radical (unpaired) electrons. The number of thioether (sulfide) groups is 1. The van der Waals surface area contributed by atoms with Gasteiger partial charge in [0.1, 0.15) is 5.75 Å². The lowest BCUT2D eigenvalue weighted by molar-refractivity contribution is 0.0924. The van der Waals surface area contributed by atoms with E-state index in [4.69, 9.17) is 4.74 Å². The molecule has 3 nitrogen and oxygen atoms in total.